The van der Waals surface area contributed by atoms with E-state index in [0.717, 1.165) is 38.5 Å². The van der Waals surface area contributed by atoms with Crippen LogP contribution in [0, 0.1) is 11.8 Å². The van der Waals surface area contributed by atoms with Crippen LogP contribution in [-0.2, 0) is 9.59 Å². The van der Waals surface area contributed by atoms with Gasteiger partial charge in [0, 0.05) is 31.5 Å². The molecule has 0 aromatic heterocycles. The molecule has 0 saturated heterocycles. The van der Waals surface area contributed by atoms with Gasteiger partial charge in [0.1, 0.15) is 0 Å². The van der Waals surface area contributed by atoms with E-state index in [4.69, 9.17) is 5.73 Å². The van der Waals surface area contributed by atoms with Gasteiger partial charge in [0.15, 0.2) is 0 Å². The van der Waals surface area contributed by atoms with Crippen LogP contribution in [0.4, 0.5) is 0 Å². The van der Waals surface area contributed by atoms with Crippen molar-refractivity contribution < 1.29 is 9.59 Å². The van der Waals surface area contributed by atoms with Crippen LogP contribution >= 0.6 is 0 Å². The lowest BCUT2D eigenvalue weighted by molar-refractivity contribution is -0.124. The Bertz CT molecular complexity index is 329. The summed E-state index contributed by atoms with van der Waals surface area (Å²) in [6.07, 6.45) is 6.90. The molecule has 0 radical (unpaired) electrons. The van der Waals surface area contributed by atoms with Crippen LogP contribution in [0.15, 0.2) is 0 Å². The number of hydrogen-bond donors (Lipinski definition) is 3. The average Bonchev–Trinajstić information content (AvgIpc) is 3.18. The van der Waals surface area contributed by atoms with Crippen LogP contribution in [0.2, 0.25) is 0 Å². The van der Waals surface area contributed by atoms with Crippen molar-refractivity contribution in [2.45, 2.75) is 51.0 Å². The van der Waals surface area contributed by atoms with Gasteiger partial charge in [0.25, 0.3) is 0 Å². The highest BCUT2D eigenvalue weighted by Crippen LogP contribution is 2.28. The molecule has 0 bridgehead atoms. The summed E-state index contributed by atoms with van der Waals surface area (Å²) in [5, 5.41) is 5.70. The maximum absolute atomic E-state index is 11.7. The molecule has 0 aromatic rings. The lowest BCUT2D eigenvalue weighted by Crippen LogP contribution is -2.37. The largest absolute Gasteiger partial charge is 0.354 e. The van der Waals surface area contributed by atoms with Crippen molar-refractivity contribution >= 4 is 11.8 Å². The maximum atomic E-state index is 11.7. The second-order valence-corrected chi connectivity index (χ2v) is 5.91. The van der Waals surface area contributed by atoms with E-state index in [0.29, 0.717) is 25.4 Å². The number of nitrogens with two attached hydrogens (primary N) is 1. The minimum Gasteiger partial charge on any atom is -0.354 e. The second-order valence-electron chi connectivity index (χ2n) is 5.91. The summed E-state index contributed by atoms with van der Waals surface area (Å²) in [6.45, 7) is 1.06. The fourth-order valence-electron chi connectivity index (χ4n) is 2.73. The van der Waals surface area contributed by atoms with Crippen LogP contribution in [-0.4, -0.2) is 30.9 Å². The molecule has 2 fully saturated rings. The number of nitrogens with one attached hydrogen (secondary N) is 2. The monoisotopic (exact) mass is 267 g/mol. The zero-order chi connectivity index (χ0) is 13.7. The Balaban J connectivity index is 1.52. The number of rotatable bonds is 6. The lowest BCUT2D eigenvalue weighted by atomic mass is 9.84. The maximum Gasteiger partial charge on any atom is 0.223 e. The molecule has 0 spiro atoms. The van der Waals surface area contributed by atoms with Crippen molar-refractivity contribution in [1.82, 2.24) is 10.6 Å². The SMILES string of the molecule is NC1CCCC(CC(=O)NCCNC(=O)C2CC2)C1. The average molecular weight is 267 g/mol. The third kappa shape index (κ3) is 5.19. The lowest BCUT2D eigenvalue weighted by Gasteiger charge is -2.26. The van der Waals surface area contributed by atoms with E-state index >= 15 is 0 Å². The third-order valence-corrected chi connectivity index (χ3v) is 3.99. The van der Waals surface area contributed by atoms with Gasteiger partial charge in [-0.05, 0) is 38.0 Å². The number of hydrogen-bond acceptors (Lipinski definition) is 3. The first-order chi connectivity index (χ1) is 9.15. The molecule has 5 heteroatoms. The van der Waals surface area contributed by atoms with Gasteiger partial charge < -0.3 is 16.4 Å². The van der Waals surface area contributed by atoms with Crippen LogP contribution in [0.25, 0.3) is 0 Å². The molecule has 2 atom stereocenters. The Labute approximate surface area is 114 Å². The Morgan fingerprint density at radius 1 is 1.05 bits per heavy atom. The van der Waals surface area contributed by atoms with E-state index < -0.39 is 0 Å². The van der Waals surface area contributed by atoms with Crippen LogP contribution in [0.3, 0.4) is 0 Å². The van der Waals surface area contributed by atoms with Gasteiger partial charge in [0.05, 0.1) is 0 Å². The first-order valence-corrected chi connectivity index (χ1v) is 7.45. The minimum atomic E-state index is 0.0831. The molecule has 2 rings (SSSR count). The van der Waals surface area contributed by atoms with E-state index in [2.05, 4.69) is 10.6 Å². The Hall–Kier alpha value is -1.10. The predicted octanol–water partition coefficient (Wildman–Crippen LogP) is 0.536. The fourth-order valence-corrected chi connectivity index (χ4v) is 2.73. The first kappa shape index (κ1) is 14.3. The fraction of sp³-hybridized carbons (Fsp3) is 0.857. The van der Waals surface area contributed by atoms with Gasteiger partial charge >= 0.3 is 0 Å². The smallest absolute Gasteiger partial charge is 0.223 e. The van der Waals surface area contributed by atoms with E-state index in [1.807, 2.05) is 0 Å². The summed E-state index contributed by atoms with van der Waals surface area (Å²) in [6, 6.07) is 0.268. The van der Waals surface area contributed by atoms with E-state index in [-0.39, 0.29) is 23.8 Å². The van der Waals surface area contributed by atoms with Gasteiger partial charge in [-0.1, -0.05) is 6.42 Å². The molecule has 0 heterocycles. The molecule has 2 saturated carbocycles. The topological polar surface area (TPSA) is 84.2 Å². The van der Waals surface area contributed by atoms with Crippen molar-refractivity contribution in [3.63, 3.8) is 0 Å². The summed E-state index contributed by atoms with van der Waals surface area (Å²) in [5.41, 5.74) is 5.91. The molecule has 0 aromatic carbocycles. The molecule has 4 N–H and O–H groups in total. The second kappa shape index (κ2) is 6.89. The molecular formula is C14H25N3O2. The van der Waals surface area contributed by atoms with Crippen molar-refractivity contribution in [1.29, 1.82) is 0 Å². The van der Waals surface area contributed by atoms with Gasteiger partial charge in [-0.25, -0.2) is 0 Å². The quantitative estimate of drug-likeness (QED) is 0.614. The van der Waals surface area contributed by atoms with Crippen molar-refractivity contribution in [2.24, 2.45) is 17.6 Å². The highest BCUT2D eigenvalue weighted by atomic mass is 16.2. The molecule has 2 amide bonds. The summed E-state index contributed by atoms with van der Waals surface area (Å²) in [5.74, 6) is 0.886. The molecule has 2 unspecified atom stereocenters. The highest BCUT2D eigenvalue weighted by molar-refractivity contribution is 5.81. The van der Waals surface area contributed by atoms with Crippen molar-refractivity contribution in [3.8, 4) is 0 Å². The minimum absolute atomic E-state index is 0.0831. The summed E-state index contributed by atoms with van der Waals surface area (Å²) >= 11 is 0. The van der Waals surface area contributed by atoms with Crippen LogP contribution < -0.4 is 16.4 Å². The summed E-state index contributed by atoms with van der Waals surface area (Å²) in [4.78, 5) is 23.1. The van der Waals surface area contributed by atoms with Gasteiger partial charge in [0.2, 0.25) is 11.8 Å². The molecular weight excluding hydrogens is 242 g/mol. The first-order valence-electron chi connectivity index (χ1n) is 7.45. The number of carbonyl (C=O) groups excluding carboxylic acids is 2. The van der Waals surface area contributed by atoms with Crippen molar-refractivity contribution in [2.75, 3.05) is 13.1 Å². The van der Waals surface area contributed by atoms with Gasteiger partial charge in [-0.3, -0.25) is 9.59 Å². The number of amides is 2. The van der Waals surface area contributed by atoms with Gasteiger partial charge in [-0.15, -0.1) is 0 Å². The molecule has 5 nitrogen and oxygen atoms in total. The summed E-state index contributed by atoms with van der Waals surface area (Å²) in [7, 11) is 0. The standard InChI is InChI=1S/C14H25N3O2/c15-12-3-1-2-10(8-12)9-13(18)16-6-7-17-14(19)11-4-5-11/h10-12H,1-9,15H2,(H,16,18)(H,17,19). The van der Waals surface area contributed by atoms with E-state index in [9.17, 15) is 9.59 Å². The Kier molecular flexibility index (Phi) is 5.19. The zero-order valence-corrected chi connectivity index (χ0v) is 11.5. The zero-order valence-electron chi connectivity index (χ0n) is 11.5. The molecule has 2 aliphatic carbocycles. The molecule has 2 aliphatic rings. The predicted molar refractivity (Wildman–Crippen MR) is 73.3 cm³/mol. The Morgan fingerprint density at radius 2 is 1.79 bits per heavy atom. The number of carbonyl (C=O) groups is 2. The van der Waals surface area contributed by atoms with Crippen LogP contribution in [0.1, 0.15) is 44.9 Å². The molecule has 108 valence electrons. The molecule has 19 heavy (non-hydrogen) atoms. The third-order valence-electron chi connectivity index (χ3n) is 3.99. The van der Waals surface area contributed by atoms with E-state index in [1.165, 1.54) is 0 Å². The van der Waals surface area contributed by atoms with Gasteiger partial charge in [-0.2, -0.15) is 0 Å². The van der Waals surface area contributed by atoms with Crippen LogP contribution in [0.5, 0.6) is 0 Å². The van der Waals surface area contributed by atoms with E-state index in [1.54, 1.807) is 0 Å². The van der Waals surface area contributed by atoms with Crippen molar-refractivity contribution in [3.05, 3.63) is 0 Å². The molecule has 0 aliphatic heterocycles. The normalized spacial score (nSPS) is 26.8. The highest BCUT2D eigenvalue weighted by Gasteiger charge is 2.29. The Morgan fingerprint density at radius 3 is 2.47 bits per heavy atom. The summed E-state index contributed by atoms with van der Waals surface area (Å²) < 4.78 is 0.